The summed E-state index contributed by atoms with van der Waals surface area (Å²) in [6.45, 7) is 3.50. The van der Waals surface area contributed by atoms with Crippen molar-refractivity contribution in [2.45, 2.75) is 134 Å². The van der Waals surface area contributed by atoms with E-state index in [2.05, 4.69) is 12.2 Å². The molecule has 0 aliphatic rings. The van der Waals surface area contributed by atoms with Crippen molar-refractivity contribution in [2.24, 2.45) is 17.2 Å². The van der Waals surface area contributed by atoms with Crippen LogP contribution >= 0.6 is 0 Å². The van der Waals surface area contributed by atoms with Crippen LogP contribution in [0, 0.1) is 0 Å². The topological polar surface area (TPSA) is 245 Å². The zero-order chi connectivity index (χ0) is 31.6. The van der Waals surface area contributed by atoms with Crippen LogP contribution in [0.25, 0.3) is 0 Å². The summed E-state index contributed by atoms with van der Waals surface area (Å²) in [5, 5.41) is 21.7. The number of amides is 3. The molecule has 0 aliphatic carbocycles. The number of ketones is 1. The summed E-state index contributed by atoms with van der Waals surface area (Å²) in [5.41, 5.74) is 14.0. The van der Waals surface area contributed by atoms with Gasteiger partial charge in [0.05, 0.1) is 6.04 Å². The van der Waals surface area contributed by atoms with Gasteiger partial charge in [0.15, 0.2) is 12.7 Å². The van der Waals surface area contributed by atoms with Gasteiger partial charge in [0.25, 0.3) is 0 Å². The van der Waals surface area contributed by atoms with Gasteiger partial charge in [-0.1, -0.05) is 58.3 Å². The number of hydrogen-bond acceptors (Lipinski definition) is 8. The Hall–Kier alpha value is -3.06. The van der Waals surface area contributed by atoms with E-state index in [-0.39, 0.29) is 31.0 Å². The normalized spacial score (nSPS) is 15.2. The van der Waals surface area contributed by atoms with Crippen LogP contribution in [0.1, 0.15) is 110 Å². The maximum absolute atomic E-state index is 12.7. The number of aliphatic carboxylic acids is 2. The minimum Gasteiger partial charge on any atom is -0.480 e. The number of nitrogens with two attached hydrogens (primary N) is 3. The maximum atomic E-state index is 12.7. The number of rotatable bonds is 24. The lowest BCUT2D eigenvalue weighted by molar-refractivity contribution is -0.149. The summed E-state index contributed by atoms with van der Waals surface area (Å²) in [4.78, 5) is 72.2. The summed E-state index contributed by atoms with van der Waals surface area (Å²) in [6, 6.07) is -4.02. The molecule has 0 fully saturated rings. The molecule has 0 aromatic heterocycles. The van der Waals surface area contributed by atoms with Gasteiger partial charge in [0.1, 0.15) is 12.1 Å². The number of carbonyl (C=O) groups excluding carboxylic acids is 4. The summed E-state index contributed by atoms with van der Waals surface area (Å²) in [5.74, 6) is -6.43. The van der Waals surface area contributed by atoms with Crippen LogP contribution in [-0.4, -0.2) is 69.3 Å². The Bertz CT molecular complexity index is 890. The molecule has 0 aromatic rings. The molecule has 0 heterocycles. The molecule has 0 radical (unpaired) electrons. The first-order chi connectivity index (χ1) is 19.2. The number of carbonyl (C=O) groups is 6. The highest BCUT2D eigenvalue weighted by molar-refractivity contribution is 6.07. The highest BCUT2D eigenvalue weighted by Crippen LogP contribution is 2.18. The van der Waals surface area contributed by atoms with E-state index in [1.165, 1.54) is 39.0 Å². The first-order valence-corrected chi connectivity index (χ1v) is 14.1. The second-order valence-electron chi connectivity index (χ2n) is 10.3. The molecule has 4 atom stereocenters. The number of unbranched alkanes of at least 4 members (excludes halogenated alkanes) is 8. The average Bonchev–Trinajstić information content (AvgIpc) is 2.90. The molecular weight excluding hydrogens is 522 g/mol. The monoisotopic (exact) mass is 572 g/mol. The third kappa shape index (κ3) is 14.9. The Morgan fingerprint density at radius 2 is 1.43 bits per heavy atom. The van der Waals surface area contributed by atoms with E-state index < -0.39 is 71.9 Å². The van der Waals surface area contributed by atoms with E-state index in [0.29, 0.717) is 6.42 Å². The number of hydrogen-bond donors (Lipinski definition) is 7. The molecule has 0 bridgehead atoms. The predicted molar refractivity (Wildman–Crippen MR) is 149 cm³/mol. The largest absolute Gasteiger partial charge is 0.480 e. The minimum absolute atomic E-state index is 0.00960. The van der Waals surface area contributed by atoms with E-state index in [4.69, 9.17) is 18.6 Å². The molecule has 40 heavy (non-hydrogen) atoms. The van der Waals surface area contributed by atoms with Crippen molar-refractivity contribution in [1.29, 1.82) is 0 Å². The highest BCUT2D eigenvalue weighted by Gasteiger charge is 2.41. The molecule has 0 saturated heterocycles. The fraction of sp³-hybridized carbons (Fsp3) is 0.778. The van der Waals surface area contributed by atoms with Crippen molar-refractivity contribution in [3.05, 3.63) is 0 Å². The molecule has 13 nitrogen and oxygen atoms in total. The van der Waals surface area contributed by atoms with E-state index >= 15 is 0 Å². The van der Waals surface area contributed by atoms with Gasteiger partial charge in [-0.2, -0.15) is 0 Å². The Labute approximate surface area is 237 Å². The highest BCUT2D eigenvalue weighted by atomic mass is 16.4. The van der Waals surface area contributed by atoms with E-state index in [9.17, 15) is 39.0 Å². The lowest BCUT2D eigenvalue weighted by atomic mass is 9.85. The van der Waals surface area contributed by atoms with Crippen molar-refractivity contribution < 1.29 is 40.4 Å². The molecular formula is C27H49N5O8. The van der Waals surface area contributed by atoms with Crippen LogP contribution in [-0.2, 0) is 28.8 Å². The molecule has 230 valence electrons. The van der Waals surface area contributed by atoms with Crippen molar-refractivity contribution in [1.82, 2.24) is 10.6 Å². The Morgan fingerprint density at radius 1 is 0.875 bits per heavy atom. The van der Waals surface area contributed by atoms with Gasteiger partial charge < -0.3 is 38.0 Å². The second-order valence-corrected chi connectivity index (χ2v) is 10.3. The standard InChI is InChI=1S/C27H49N5O8/c1-3-4-5-6-7-8-9-10-11-14-22(34)31-18(2)24(36)32-20(25(37)38)15-16-21(33)27(30,26(39)40)17-12-13-19(28)23(29)35/h18-20H,3-17,28,30H2,1-2H3,(H2,29,35)(H,31,34)(H,32,36)(H,37,38)(H,39,40)/t18-,19?,20+,27?/m0/s1/i/hD. The summed E-state index contributed by atoms with van der Waals surface area (Å²) < 4.78 is 8.03. The van der Waals surface area contributed by atoms with Crippen LogP contribution in [0.4, 0.5) is 0 Å². The van der Waals surface area contributed by atoms with Gasteiger partial charge in [-0.3, -0.25) is 19.2 Å². The molecule has 3 amide bonds. The van der Waals surface area contributed by atoms with Gasteiger partial charge in [-0.15, -0.1) is 0 Å². The Balaban J connectivity index is 4.83. The molecule has 0 aromatic carbocycles. The molecule has 2 unspecified atom stereocenters. The average molecular weight is 573 g/mol. The molecule has 0 spiro atoms. The lowest BCUT2D eigenvalue weighted by Crippen LogP contribution is -2.56. The Kier molecular flexibility index (Phi) is 17.4. The van der Waals surface area contributed by atoms with Gasteiger partial charge in [0.2, 0.25) is 17.7 Å². The summed E-state index contributed by atoms with van der Waals surface area (Å²) in [7, 11) is 0. The van der Waals surface area contributed by atoms with E-state index in [0.717, 1.165) is 19.3 Å². The van der Waals surface area contributed by atoms with E-state index in [1.807, 2.05) is 0 Å². The third-order valence-corrected chi connectivity index (χ3v) is 6.80. The SMILES string of the molecule is [2H]N(C(=O)[C@H](C)NC(=O)CCCCCCCCCCC)[C@H](CCC(=O)C(N)(CCCC(N)C(N)=O)C(=O)O)C(=O)O. The van der Waals surface area contributed by atoms with Crippen molar-refractivity contribution in [3.8, 4) is 0 Å². The van der Waals surface area contributed by atoms with Gasteiger partial charge in [0, 0.05) is 12.8 Å². The van der Waals surface area contributed by atoms with Crippen LogP contribution in [0.15, 0.2) is 0 Å². The molecule has 10 N–H and O–H groups in total. The molecule has 13 heteroatoms. The van der Waals surface area contributed by atoms with Crippen molar-refractivity contribution in [2.75, 3.05) is 0 Å². The lowest BCUT2D eigenvalue weighted by Gasteiger charge is -2.25. The molecule has 0 rings (SSSR count). The quantitative estimate of drug-likeness (QED) is 0.0641. The number of Topliss-reactive ketones (excluding diaryl/α,β-unsaturated/α-hetero) is 1. The fourth-order valence-corrected chi connectivity index (χ4v) is 4.08. The van der Waals surface area contributed by atoms with Crippen LogP contribution in [0.3, 0.4) is 0 Å². The number of carboxylic acid groups (broad SMARTS) is 2. The van der Waals surface area contributed by atoms with Gasteiger partial charge >= 0.3 is 11.9 Å². The third-order valence-electron chi connectivity index (χ3n) is 6.80. The van der Waals surface area contributed by atoms with Gasteiger partial charge in [-0.05, 0) is 39.0 Å². The van der Waals surface area contributed by atoms with Gasteiger partial charge in [-0.25, -0.2) is 9.59 Å². The smallest absolute Gasteiger partial charge is 0.331 e. The zero-order valence-electron chi connectivity index (χ0n) is 24.9. The Morgan fingerprint density at radius 3 is 1.93 bits per heavy atom. The maximum Gasteiger partial charge on any atom is 0.331 e. The number of nitrogens with one attached hydrogen (secondary N) is 2. The minimum atomic E-state index is -2.38. The predicted octanol–water partition coefficient (Wildman–Crippen LogP) is 1.10. The van der Waals surface area contributed by atoms with Crippen LogP contribution in [0.5, 0.6) is 0 Å². The molecule has 0 saturated carbocycles. The fourth-order valence-electron chi connectivity index (χ4n) is 4.08. The first-order valence-electron chi connectivity index (χ1n) is 14.6. The second kappa shape index (κ2) is 19.9. The van der Waals surface area contributed by atoms with Crippen LogP contribution in [0.2, 0.25) is 1.41 Å². The number of carboxylic acids is 2. The van der Waals surface area contributed by atoms with Crippen molar-refractivity contribution in [3.63, 3.8) is 0 Å². The van der Waals surface area contributed by atoms with E-state index in [1.54, 1.807) is 0 Å². The summed E-state index contributed by atoms with van der Waals surface area (Å²) in [6.07, 6.45) is 8.27. The number of primary amides is 1. The summed E-state index contributed by atoms with van der Waals surface area (Å²) >= 11 is 0. The first kappa shape index (κ1) is 35.0. The molecule has 0 aliphatic heterocycles. The van der Waals surface area contributed by atoms with Crippen molar-refractivity contribution >= 4 is 35.4 Å². The van der Waals surface area contributed by atoms with Crippen LogP contribution < -0.4 is 27.8 Å². The zero-order valence-corrected chi connectivity index (χ0v) is 23.9.